The zero-order valence-corrected chi connectivity index (χ0v) is 16.2. The molecule has 0 radical (unpaired) electrons. The molecule has 0 spiro atoms. The van der Waals surface area contributed by atoms with Crippen LogP contribution in [-0.2, 0) is 4.74 Å². The Morgan fingerprint density at radius 1 is 1.08 bits per heavy atom. The number of nitrogens with two attached hydrogens (primary N) is 1. The Morgan fingerprint density at radius 3 is 2.36 bits per heavy atom. The fraction of sp³-hybridized carbons (Fsp3) is 0.611. The van der Waals surface area contributed by atoms with Crippen molar-refractivity contribution in [1.82, 2.24) is 9.80 Å². The maximum Gasteiger partial charge on any atom is 0.255 e. The molecule has 1 aromatic rings. The molecule has 2 aliphatic rings. The molecule has 0 bridgehead atoms. The van der Waals surface area contributed by atoms with E-state index < -0.39 is 0 Å². The van der Waals surface area contributed by atoms with Crippen molar-refractivity contribution in [1.29, 1.82) is 0 Å². The van der Waals surface area contributed by atoms with Crippen molar-refractivity contribution < 1.29 is 9.53 Å². The number of benzene rings is 1. The van der Waals surface area contributed by atoms with E-state index in [1.165, 1.54) is 25.9 Å². The summed E-state index contributed by atoms with van der Waals surface area (Å²) in [5.74, 6) is 0.0404. The van der Waals surface area contributed by atoms with Gasteiger partial charge in [-0.25, -0.2) is 0 Å². The van der Waals surface area contributed by atoms with E-state index in [-0.39, 0.29) is 36.8 Å². The van der Waals surface area contributed by atoms with Crippen LogP contribution in [0, 0.1) is 0 Å². The number of piperidine rings is 1. The summed E-state index contributed by atoms with van der Waals surface area (Å²) in [4.78, 5) is 16.9. The minimum atomic E-state index is 0. The first-order valence-electron chi connectivity index (χ1n) is 8.72. The van der Waals surface area contributed by atoms with E-state index in [1.54, 1.807) is 12.1 Å². The molecule has 1 aromatic carbocycles. The van der Waals surface area contributed by atoms with E-state index in [1.807, 2.05) is 17.0 Å². The van der Waals surface area contributed by atoms with Crippen LogP contribution in [0.2, 0.25) is 0 Å². The maximum absolute atomic E-state index is 12.5. The van der Waals surface area contributed by atoms with Crippen LogP contribution in [0.25, 0.3) is 0 Å². The van der Waals surface area contributed by atoms with Crippen LogP contribution in [0.5, 0.6) is 0 Å². The van der Waals surface area contributed by atoms with Crippen LogP contribution in [0.15, 0.2) is 24.3 Å². The number of halogens is 2. The first kappa shape index (κ1) is 22.0. The highest BCUT2D eigenvalue weighted by molar-refractivity contribution is 5.99. The number of hydrogen-bond acceptors (Lipinski definition) is 4. The Balaban J connectivity index is 0.00000156. The average Bonchev–Trinajstić information content (AvgIpc) is 3.09. The van der Waals surface area contributed by atoms with Gasteiger partial charge in [-0.1, -0.05) is 12.1 Å². The molecule has 2 N–H and O–H groups in total. The molecular formula is C18H29Cl2N3O2. The van der Waals surface area contributed by atoms with Gasteiger partial charge in [0, 0.05) is 25.3 Å². The molecule has 0 atom stereocenters. The number of ether oxygens (including phenoxy) is 1. The van der Waals surface area contributed by atoms with Crippen molar-refractivity contribution in [2.75, 3.05) is 45.1 Å². The minimum absolute atomic E-state index is 0. The van der Waals surface area contributed by atoms with E-state index in [2.05, 4.69) is 4.90 Å². The van der Waals surface area contributed by atoms with Crippen LogP contribution in [-0.4, -0.2) is 61.1 Å². The Hall–Kier alpha value is -1.01. The number of likely N-dealkylation sites (tertiary alicyclic amines) is 2. The molecule has 0 aromatic heterocycles. The summed E-state index contributed by atoms with van der Waals surface area (Å²) in [5, 5.41) is 0. The number of carbonyl (C=O) groups is 1. The van der Waals surface area contributed by atoms with Crippen LogP contribution < -0.4 is 5.73 Å². The summed E-state index contributed by atoms with van der Waals surface area (Å²) in [6.07, 6.45) is 4.76. The zero-order valence-electron chi connectivity index (χ0n) is 14.6. The lowest BCUT2D eigenvalue weighted by Crippen LogP contribution is -2.41. The number of rotatable bonds is 5. The average molecular weight is 390 g/mol. The Morgan fingerprint density at radius 2 is 1.72 bits per heavy atom. The molecule has 7 heteroatoms. The summed E-state index contributed by atoms with van der Waals surface area (Å²) in [6, 6.07) is 7.29. The third kappa shape index (κ3) is 6.03. The summed E-state index contributed by atoms with van der Waals surface area (Å²) in [6.45, 7) is 5.79. The largest absolute Gasteiger partial charge is 0.398 e. The van der Waals surface area contributed by atoms with Gasteiger partial charge in [-0.2, -0.15) is 0 Å². The number of nitrogens with zero attached hydrogens (tertiary/aromatic N) is 2. The van der Waals surface area contributed by atoms with Crippen molar-refractivity contribution in [2.45, 2.75) is 31.8 Å². The maximum atomic E-state index is 12.5. The molecule has 1 amide bonds. The molecule has 25 heavy (non-hydrogen) atoms. The fourth-order valence-corrected chi connectivity index (χ4v) is 3.44. The predicted molar refractivity (Wildman–Crippen MR) is 106 cm³/mol. The van der Waals surface area contributed by atoms with E-state index in [9.17, 15) is 4.79 Å². The normalized spacial score (nSPS) is 18.5. The van der Waals surface area contributed by atoms with Crippen LogP contribution in [0.3, 0.4) is 0 Å². The number of nitrogen functional groups attached to an aromatic ring is 1. The van der Waals surface area contributed by atoms with Crippen LogP contribution in [0.1, 0.15) is 36.0 Å². The molecule has 2 fully saturated rings. The van der Waals surface area contributed by atoms with Crippen LogP contribution >= 0.6 is 24.8 Å². The number of carbonyl (C=O) groups excluding carboxylic acids is 1. The van der Waals surface area contributed by atoms with E-state index in [0.717, 1.165) is 39.1 Å². The smallest absolute Gasteiger partial charge is 0.255 e. The van der Waals surface area contributed by atoms with Gasteiger partial charge in [-0.05, 0) is 50.9 Å². The Kier molecular flexibility index (Phi) is 9.57. The summed E-state index contributed by atoms with van der Waals surface area (Å²) in [7, 11) is 0. The van der Waals surface area contributed by atoms with Crippen molar-refractivity contribution in [3.05, 3.63) is 29.8 Å². The predicted octanol–water partition coefficient (Wildman–Crippen LogP) is 2.83. The van der Waals surface area contributed by atoms with E-state index in [4.69, 9.17) is 10.5 Å². The molecule has 3 rings (SSSR count). The molecule has 0 saturated carbocycles. The molecule has 142 valence electrons. The molecular weight excluding hydrogens is 361 g/mol. The highest BCUT2D eigenvalue weighted by Gasteiger charge is 2.25. The summed E-state index contributed by atoms with van der Waals surface area (Å²) >= 11 is 0. The molecule has 0 aliphatic carbocycles. The van der Waals surface area contributed by atoms with Gasteiger partial charge in [0.1, 0.15) is 0 Å². The van der Waals surface area contributed by atoms with Gasteiger partial charge in [-0.15, -0.1) is 24.8 Å². The number of para-hydroxylation sites is 1. The lowest BCUT2D eigenvalue weighted by atomic mass is 10.1. The van der Waals surface area contributed by atoms with Gasteiger partial charge < -0.3 is 20.3 Å². The quantitative estimate of drug-likeness (QED) is 0.786. The van der Waals surface area contributed by atoms with Crippen molar-refractivity contribution in [3.8, 4) is 0 Å². The van der Waals surface area contributed by atoms with Gasteiger partial charge in [0.05, 0.1) is 18.3 Å². The third-order valence-corrected chi connectivity index (χ3v) is 4.88. The number of hydrogen-bond donors (Lipinski definition) is 1. The van der Waals surface area contributed by atoms with Gasteiger partial charge in [0.25, 0.3) is 5.91 Å². The molecule has 2 aliphatic heterocycles. The third-order valence-electron chi connectivity index (χ3n) is 4.88. The Bertz CT molecular complexity index is 531. The standard InChI is InChI=1S/C18H27N3O2.2ClH/c19-17-6-2-1-5-16(17)18(22)21-11-7-15(8-12-21)23-14-13-20-9-3-4-10-20;;/h1-2,5-6,15H,3-4,7-14,19H2;2*1H. The molecule has 0 unspecified atom stereocenters. The topological polar surface area (TPSA) is 58.8 Å². The molecule has 2 saturated heterocycles. The Labute approximate surface area is 162 Å². The van der Waals surface area contributed by atoms with Crippen molar-refractivity contribution >= 4 is 36.4 Å². The van der Waals surface area contributed by atoms with Gasteiger partial charge >= 0.3 is 0 Å². The SMILES string of the molecule is Cl.Cl.Nc1ccccc1C(=O)N1CCC(OCCN2CCCC2)CC1. The second kappa shape index (κ2) is 10.9. The monoisotopic (exact) mass is 389 g/mol. The minimum Gasteiger partial charge on any atom is -0.398 e. The fourth-order valence-electron chi connectivity index (χ4n) is 3.44. The number of anilines is 1. The first-order valence-corrected chi connectivity index (χ1v) is 8.72. The number of amides is 1. The van der Waals surface area contributed by atoms with Gasteiger partial charge in [-0.3, -0.25) is 4.79 Å². The van der Waals surface area contributed by atoms with Gasteiger partial charge in [0.15, 0.2) is 0 Å². The van der Waals surface area contributed by atoms with E-state index in [0.29, 0.717) is 11.3 Å². The molecule has 5 nitrogen and oxygen atoms in total. The second-order valence-electron chi connectivity index (χ2n) is 6.50. The van der Waals surface area contributed by atoms with Crippen molar-refractivity contribution in [3.63, 3.8) is 0 Å². The molecule has 2 heterocycles. The summed E-state index contributed by atoms with van der Waals surface area (Å²) < 4.78 is 6.00. The zero-order chi connectivity index (χ0) is 16.1. The summed E-state index contributed by atoms with van der Waals surface area (Å²) in [5.41, 5.74) is 7.07. The van der Waals surface area contributed by atoms with E-state index >= 15 is 0 Å². The highest BCUT2D eigenvalue weighted by atomic mass is 35.5. The first-order chi connectivity index (χ1) is 11.2. The second-order valence-corrected chi connectivity index (χ2v) is 6.50. The highest BCUT2D eigenvalue weighted by Crippen LogP contribution is 2.19. The lowest BCUT2D eigenvalue weighted by Gasteiger charge is -2.32. The van der Waals surface area contributed by atoms with Crippen LogP contribution in [0.4, 0.5) is 5.69 Å². The van der Waals surface area contributed by atoms with Crippen molar-refractivity contribution in [2.24, 2.45) is 0 Å². The lowest BCUT2D eigenvalue weighted by molar-refractivity contribution is 0.00211. The van der Waals surface area contributed by atoms with Gasteiger partial charge in [0.2, 0.25) is 0 Å².